The number of benzene rings is 1. The van der Waals surface area contributed by atoms with Crippen molar-refractivity contribution in [2.24, 2.45) is 10.9 Å². The van der Waals surface area contributed by atoms with Crippen molar-refractivity contribution in [3.63, 3.8) is 0 Å². The average molecular weight is 371 g/mol. The van der Waals surface area contributed by atoms with Gasteiger partial charge in [0, 0.05) is 3.57 Å². The topological polar surface area (TPSA) is 116 Å². The first kappa shape index (κ1) is 13.3. The van der Waals surface area contributed by atoms with Gasteiger partial charge in [0.2, 0.25) is 0 Å². The summed E-state index contributed by atoms with van der Waals surface area (Å²) < 4.78 is 0.822. The Labute approximate surface area is 122 Å². The van der Waals surface area contributed by atoms with Gasteiger partial charge in [-0.1, -0.05) is 17.3 Å². The summed E-state index contributed by atoms with van der Waals surface area (Å²) in [7, 11) is 0. The fourth-order valence-corrected chi connectivity index (χ4v) is 2.09. The van der Waals surface area contributed by atoms with Crippen molar-refractivity contribution in [3.8, 4) is 0 Å². The number of oxime groups is 1. The number of hydrogen-bond donors (Lipinski definition) is 4. The number of carbonyl (C=O) groups excluding carboxylic acids is 1. The van der Waals surface area contributed by atoms with Crippen molar-refractivity contribution >= 4 is 40.2 Å². The van der Waals surface area contributed by atoms with Gasteiger partial charge in [-0.25, -0.2) is 0 Å². The molecule has 8 heteroatoms. The molecule has 1 aromatic carbocycles. The van der Waals surface area contributed by atoms with Crippen LogP contribution in [0.1, 0.15) is 15.9 Å². The Morgan fingerprint density at radius 3 is 2.84 bits per heavy atom. The maximum absolute atomic E-state index is 12.1. The van der Waals surface area contributed by atoms with E-state index in [-0.39, 0.29) is 17.6 Å². The van der Waals surface area contributed by atoms with E-state index in [1.54, 1.807) is 12.1 Å². The molecule has 1 heterocycles. The molecule has 0 aliphatic heterocycles. The molecule has 0 aliphatic carbocycles. The number of anilines is 1. The monoisotopic (exact) mass is 371 g/mol. The Kier molecular flexibility index (Phi) is 4.00. The summed E-state index contributed by atoms with van der Waals surface area (Å²) in [5.41, 5.74) is 6.32. The summed E-state index contributed by atoms with van der Waals surface area (Å²) in [6, 6.07) is 7.15. The second-order valence-electron chi connectivity index (χ2n) is 3.58. The number of nitrogens with two attached hydrogens (primary N) is 1. The maximum atomic E-state index is 12.1. The van der Waals surface area contributed by atoms with E-state index in [0.29, 0.717) is 11.1 Å². The summed E-state index contributed by atoms with van der Waals surface area (Å²) in [6.45, 7) is 0. The van der Waals surface area contributed by atoms with Crippen LogP contribution in [-0.4, -0.2) is 27.1 Å². The number of aromatic nitrogens is 2. The minimum Gasteiger partial charge on any atom is -0.409 e. The highest BCUT2D eigenvalue weighted by atomic mass is 127. The lowest BCUT2D eigenvalue weighted by molar-refractivity contribution is 0.102. The predicted octanol–water partition coefficient (Wildman–Crippen LogP) is 1.36. The number of hydrogen-bond acceptors (Lipinski definition) is 4. The molecule has 0 unspecified atom stereocenters. The fraction of sp³-hybridized carbons (Fsp3) is 0. The Balaban J connectivity index is 2.26. The number of rotatable bonds is 3. The van der Waals surface area contributed by atoms with Crippen LogP contribution < -0.4 is 11.1 Å². The van der Waals surface area contributed by atoms with Gasteiger partial charge >= 0.3 is 0 Å². The summed E-state index contributed by atoms with van der Waals surface area (Å²) in [6.07, 6.45) is 1.36. The van der Waals surface area contributed by atoms with Crippen molar-refractivity contribution in [3.05, 3.63) is 45.2 Å². The summed E-state index contributed by atoms with van der Waals surface area (Å²) >= 11 is 2.07. The predicted molar refractivity (Wildman–Crippen MR) is 78.2 cm³/mol. The number of aromatic amines is 1. The van der Waals surface area contributed by atoms with Gasteiger partial charge in [0.15, 0.2) is 5.84 Å². The normalized spacial score (nSPS) is 11.3. The van der Waals surface area contributed by atoms with Crippen molar-refractivity contribution in [2.45, 2.75) is 0 Å². The lowest BCUT2D eigenvalue weighted by Crippen LogP contribution is -2.19. The molecule has 2 rings (SSSR count). The van der Waals surface area contributed by atoms with Gasteiger partial charge in [0.1, 0.15) is 5.82 Å². The summed E-state index contributed by atoms with van der Waals surface area (Å²) in [5, 5.41) is 20.5. The van der Waals surface area contributed by atoms with Crippen LogP contribution in [-0.2, 0) is 0 Å². The number of halogens is 1. The van der Waals surface area contributed by atoms with Crippen molar-refractivity contribution in [1.82, 2.24) is 10.2 Å². The van der Waals surface area contributed by atoms with Crippen molar-refractivity contribution < 1.29 is 10.0 Å². The van der Waals surface area contributed by atoms with Crippen LogP contribution in [0.25, 0.3) is 0 Å². The highest BCUT2D eigenvalue weighted by molar-refractivity contribution is 14.1. The van der Waals surface area contributed by atoms with Gasteiger partial charge < -0.3 is 16.3 Å². The lowest BCUT2D eigenvalue weighted by atomic mass is 10.2. The van der Waals surface area contributed by atoms with E-state index in [9.17, 15) is 4.79 Å². The number of nitrogens with one attached hydrogen (secondary N) is 2. The molecular formula is C11H10IN5O2. The van der Waals surface area contributed by atoms with Gasteiger partial charge in [-0.3, -0.25) is 9.89 Å². The van der Waals surface area contributed by atoms with E-state index in [0.717, 1.165) is 3.57 Å². The molecule has 19 heavy (non-hydrogen) atoms. The van der Waals surface area contributed by atoms with E-state index < -0.39 is 0 Å². The number of amidine groups is 1. The Morgan fingerprint density at radius 1 is 1.42 bits per heavy atom. The quantitative estimate of drug-likeness (QED) is 0.214. The van der Waals surface area contributed by atoms with Crippen LogP contribution >= 0.6 is 22.6 Å². The molecule has 0 spiro atoms. The van der Waals surface area contributed by atoms with E-state index in [1.807, 2.05) is 12.1 Å². The van der Waals surface area contributed by atoms with Gasteiger partial charge in [-0.05, 0) is 34.7 Å². The van der Waals surface area contributed by atoms with E-state index in [4.69, 9.17) is 10.9 Å². The molecule has 1 amide bonds. The van der Waals surface area contributed by atoms with Gasteiger partial charge in [-0.2, -0.15) is 5.10 Å². The third-order valence-electron chi connectivity index (χ3n) is 2.38. The third kappa shape index (κ3) is 2.84. The van der Waals surface area contributed by atoms with Crippen molar-refractivity contribution in [1.29, 1.82) is 0 Å². The van der Waals surface area contributed by atoms with Crippen LogP contribution in [0, 0.1) is 3.57 Å². The molecule has 1 aromatic heterocycles. The molecule has 0 atom stereocenters. The second-order valence-corrected chi connectivity index (χ2v) is 4.74. The Bertz CT molecular complexity index is 638. The van der Waals surface area contributed by atoms with Crippen LogP contribution in [0.2, 0.25) is 0 Å². The zero-order valence-corrected chi connectivity index (χ0v) is 11.7. The molecule has 2 aromatic rings. The van der Waals surface area contributed by atoms with E-state index in [1.165, 1.54) is 6.20 Å². The fourth-order valence-electron chi connectivity index (χ4n) is 1.46. The first-order chi connectivity index (χ1) is 9.13. The Morgan fingerprint density at radius 2 is 2.16 bits per heavy atom. The van der Waals surface area contributed by atoms with Gasteiger partial charge in [0.25, 0.3) is 5.91 Å². The van der Waals surface area contributed by atoms with Crippen LogP contribution in [0.3, 0.4) is 0 Å². The van der Waals surface area contributed by atoms with E-state index >= 15 is 0 Å². The third-order valence-corrected chi connectivity index (χ3v) is 3.32. The molecule has 0 saturated carbocycles. The highest BCUT2D eigenvalue weighted by Gasteiger charge is 2.15. The number of nitrogens with zero attached hydrogens (tertiary/aromatic N) is 2. The minimum atomic E-state index is -0.304. The SMILES string of the molecule is NC(=NO)c1cn[nH]c1NC(=O)c1ccccc1I. The maximum Gasteiger partial charge on any atom is 0.257 e. The molecule has 0 saturated heterocycles. The zero-order valence-electron chi connectivity index (χ0n) is 9.59. The molecule has 0 bridgehead atoms. The lowest BCUT2D eigenvalue weighted by Gasteiger charge is -2.06. The van der Waals surface area contributed by atoms with Crippen molar-refractivity contribution in [2.75, 3.05) is 5.32 Å². The Hall–Kier alpha value is -2.10. The molecule has 0 fully saturated rings. The largest absolute Gasteiger partial charge is 0.409 e. The number of carbonyl (C=O) groups is 1. The first-order valence-electron chi connectivity index (χ1n) is 5.20. The average Bonchev–Trinajstić information content (AvgIpc) is 2.86. The number of amides is 1. The molecule has 0 aliphatic rings. The summed E-state index contributed by atoms with van der Waals surface area (Å²) in [5.74, 6) is -0.159. The molecule has 0 radical (unpaired) electrons. The molecular weight excluding hydrogens is 361 g/mol. The van der Waals surface area contributed by atoms with Crippen LogP contribution in [0.15, 0.2) is 35.6 Å². The zero-order chi connectivity index (χ0) is 13.8. The molecule has 7 nitrogen and oxygen atoms in total. The van der Waals surface area contributed by atoms with Gasteiger partial charge in [0.05, 0.1) is 17.3 Å². The second kappa shape index (κ2) is 5.69. The van der Waals surface area contributed by atoms with Crippen LogP contribution in [0.4, 0.5) is 5.82 Å². The minimum absolute atomic E-state index is 0.133. The van der Waals surface area contributed by atoms with Gasteiger partial charge in [-0.15, -0.1) is 0 Å². The first-order valence-corrected chi connectivity index (χ1v) is 6.28. The molecule has 98 valence electrons. The van der Waals surface area contributed by atoms with E-state index in [2.05, 4.69) is 43.3 Å². The smallest absolute Gasteiger partial charge is 0.257 e. The summed E-state index contributed by atoms with van der Waals surface area (Å²) in [4.78, 5) is 12.1. The standard InChI is InChI=1S/C11H10IN5O2/c12-8-4-2-1-3-6(8)11(18)15-10-7(5-14-16-10)9(13)17-19/h1-5,19H,(H2,13,17)(H2,14,15,16,18). The number of H-pyrrole nitrogens is 1. The highest BCUT2D eigenvalue weighted by Crippen LogP contribution is 2.15. The molecule has 5 N–H and O–H groups in total. The van der Waals surface area contributed by atoms with Crippen LogP contribution in [0.5, 0.6) is 0 Å².